The van der Waals surface area contributed by atoms with Crippen LogP contribution < -0.4 is 14.9 Å². The first kappa shape index (κ1) is 23.5. The van der Waals surface area contributed by atoms with Gasteiger partial charge in [0.25, 0.3) is 5.91 Å². The van der Waals surface area contributed by atoms with Gasteiger partial charge in [0.05, 0.1) is 11.8 Å². The molecule has 1 atom stereocenters. The van der Waals surface area contributed by atoms with E-state index in [1.54, 1.807) is 61.5 Å². The van der Waals surface area contributed by atoms with E-state index in [9.17, 15) is 9.59 Å². The van der Waals surface area contributed by atoms with E-state index < -0.39 is 18.0 Å². The number of carbonyl (C=O) groups is 2. The zero-order chi connectivity index (χ0) is 23.1. The number of carbonyl (C=O) groups excluding carboxylic acids is 2. The van der Waals surface area contributed by atoms with Crippen LogP contribution in [0.15, 0.2) is 76.3 Å². The zero-order valence-electron chi connectivity index (χ0n) is 17.3. The van der Waals surface area contributed by atoms with Crippen molar-refractivity contribution in [1.29, 1.82) is 0 Å². The quantitative estimate of drug-likeness (QED) is 0.194. The van der Waals surface area contributed by atoms with Crippen LogP contribution in [0.4, 0.5) is 0 Å². The van der Waals surface area contributed by atoms with Crippen molar-refractivity contribution in [2.75, 3.05) is 0 Å². The minimum absolute atomic E-state index is 0.310. The van der Waals surface area contributed by atoms with Gasteiger partial charge in [-0.15, -0.1) is 0 Å². The molecular weight excluding hydrogens is 496 g/mol. The lowest BCUT2D eigenvalue weighted by atomic mass is 10.1. The van der Waals surface area contributed by atoms with Gasteiger partial charge in [-0.1, -0.05) is 45.7 Å². The number of hydrazone groups is 1. The van der Waals surface area contributed by atoms with E-state index in [-0.39, 0.29) is 0 Å². The number of esters is 1. The van der Waals surface area contributed by atoms with Crippen molar-refractivity contribution in [3.05, 3.63) is 92.9 Å². The van der Waals surface area contributed by atoms with Gasteiger partial charge in [-0.05, 0) is 67.9 Å². The summed E-state index contributed by atoms with van der Waals surface area (Å²) in [5.74, 6) is -0.0953. The molecule has 0 saturated carbocycles. The smallest absolute Gasteiger partial charge is 0.343 e. The van der Waals surface area contributed by atoms with E-state index in [2.05, 4.69) is 26.5 Å². The summed E-state index contributed by atoms with van der Waals surface area (Å²) in [6.07, 6.45) is 0.618. The lowest BCUT2D eigenvalue weighted by molar-refractivity contribution is -0.127. The average molecular weight is 516 g/mol. The predicted molar refractivity (Wildman–Crippen MR) is 128 cm³/mol. The van der Waals surface area contributed by atoms with E-state index in [1.807, 2.05) is 19.1 Å². The van der Waals surface area contributed by atoms with Gasteiger partial charge in [-0.2, -0.15) is 5.10 Å². The molecule has 3 rings (SSSR count). The number of aryl methyl sites for hydroxylation is 1. The van der Waals surface area contributed by atoms with E-state index in [0.717, 1.165) is 10.0 Å². The molecule has 0 saturated heterocycles. The van der Waals surface area contributed by atoms with Gasteiger partial charge >= 0.3 is 5.97 Å². The SMILES string of the molecule is Cc1ccccc1C(=O)Oc1ccc(Br)cc1/C=N/NC(=O)C(C)Oc1ccc(Cl)cc1. The number of hydrogen-bond acceptors (Lipinski definition) is 5. The van der Waals surface area contributed by atoms with Crippen molar-refractivity contribution in [3.8, 4) is 11.5 Å². The molecule has 0 spiro atoms. The molecule has 164 valence electrons. The standard InChI is InChI=1S/C24H20BrClN2O4/c1-15-5-3-4-6-21(15)24(30)32-22-12-7-18(25)13-17(22)14-27-28-23(29)16(2)31-20-10-8-19(26)9-11-20/h3-14,16H,1-2H3,(H,28,29)/b27-14+. The van der Waals surface area contributed by atoms with E-state index in [0.29, 0.717) is 27.6 Å². The highest BCUT2D eigenvalue weighted by atomic mass is 79.9. The number of benzene rings is 3. The maximum Gasteiger partial charge on any atom is 0.343 e. The molecular formula is C24H20BrClN2O4. The van der Waals surface area contributed by atoms with Gasteiger partial charge in [0, 0.05) is 15.1 Å². The first-order valence-electron chi connectivity index (χ1n) is 9.66. The van der Waals surface area contributed by atoms with Crippen molar-refractivity contribution >= 4 is 45.6 Å². The molecule has 8 heteroatoms. The summed E-state index contributed by atoms with van der Waals surface area (Å²) in [5, 5.41) is 4.56. The van der Waals surface area contributed by atoms with Crippen molar-refractivity contribution < 1.29 is 19.1 Å². The third-order valence-corrected chi connectivity index (χ3v) is 5.16. The Morgan fingerprint density at radius 3 is 2.53 bits per heavy atom. The lowest BCUT2D eigenvalue weighted by Gasteiger charge is -2.13. The van der Waals surface area contributed by atoms with Gasteiger partial charge in [0.2, 0.25) is 0 Å². The second-order valence-corrected chi connectivity index (χ2v) is 8.19. The Morgan fingerprint density at radius 2 is 1.81 bits per heavy atom. The molecule has 0 aliphatic carbocycles. The second kappa shape index (κ2) is 10.9. The fourth-order valence-corrected chi connectivity index (χ4v) is 3.20. The van der Waals surface area contributed by atoms with E-state index in [1.165, 1.54) is 6.21 Å². The molecule has 0 heterocycles. The van der Waals surface area contributed by atoms with Gasteiger partial charge in [-0.3, -0.25) is 4.79 Å². The summed E-state index contributed by atoms with van der Waals surface area (Å²) >= 11 is 9.23. The lowest BCUT2D eigenvalue weighted by Crippen LogP contribution is -2.33. The van der Waals surface area contributed by atoms with E-state index >= 15 is 0 Å². The molecule has 0 aromatic heterocycles. The molecule has 32 heavy (non-hydrogen) atoms. The largest absolute Gasteiger partial charge is 0.481 e. The summed E-state index contributed by atoms with van der Waals surface area (Å²) in [6.45, 7) is 3.44. The van der Waals surface area contributed by atoms with Gasteiger partial charge < -0.3 is 9.47 Å². The van der Waals surface area contributed by atoms with Crippen LogP contribution in [0.25, 0.3) is 0 Å². The third-order valence-electron chi connectivity index (χ3n) is 4.41. The maximum absolute atomic E-state index is 12.6. The zero-order valence-corrected chi connectivity index (χ0v) is 19.7. The number of amides is 1. The maximum atomic E-state index is 12.6. The third kappa shape index (κ3) is 6.42. The molecule has 0 radical (unpaired) electrons. The van der Waals surface area contributed by atoms with E-state index in [4.69, 9.17) is 21.1 Å². The van der Waals surface area contributed by atoms with Crippen molar-refractivity contribution in [2.45, 2.75) is 20.0 Å². The molecule has 3 aromatic rings. The summed E-state index contributed by atoms with van der Waals surface area (Å²) in [5.41, 5.74) is 4.22. The number of nitrogens with zero attached hydrogens (tertiary/aromatic N) is 1. The fourth-order valence-electron chi connectivity index (χ4n) is 2.70. The van der Waals surface area contributed by atoms with Crippen LogP contribution in [-0.2, 0) is 4.79 Å². The highest BCUT2D eigenvalue weighted by molar-refractivity contribution is 9.10. The van der Waals surface area contributed by atoms with Crippen LogP contribution in [0, 0.1) is 6.92 Å². The highest BCUT2D eigenvalue weighted by Crippen LogP contribution is 2.23. The first-order valence-corrected chi connectivity index (χ1v) is 10.8. The molecule has 0 aliphatic heterocycles. The Hall–Kier alpha value is -3.16. The van der Waals surface area contributed by atoms with Crippen molar-refractivity contribution in [3.63, 3.8) is 0 Å². The Morgan fingerprint density at radius 1 is 1.09 bits per heavy atom. The molecule has 0 aliphatic rings. The Balaban J connectivity index is 1.66. The number of hydrogen-bond donors (Lipinski definition) is 1. The van der Waals surface area contributed by atoms with Crippen LogP contribution in [0.1, 0.15) is 28.4 Å². The normalized spacial score (nSPS) is 11.8. The van der Waals surface area contributed by atoms with Gasteiger partial charge in [0.15, 0.2) is 6.10 Å². The highest BCUT2D eigenvalue weighted by Gasteiger charge is 2.15. The fraction of sp³-hybridized carbons (Fsp3) is 0.125. The number of halogens is 2. The van der Waals surface area contributed by atoms with Gasteiger partial charge in [-0.25, -0.2) is 10.2 Å². The Bertz CT molecular complexity index is 1150. The number of ether oxygens (including phenoxy) is 2. The minimum Gasteiger partial charge on any atom is -0.481 e. The molecule has 0 fully saturated rings. The minimum atomic E-state index is -0.783. The van der Waals surface area contributed by atoms with Crippen LogP contribution >= 0.6 is 27.5 Å². The number of rotatable bonds is 7. The molecule has 3 aromatic carbocycles. The molecule has 1 amide bonds. The monoisotopic (exact) mass is 514 g/mol. The summed E-state index contributed by atoms with van der Waals surface area (Å²) in [6, 6.07) is 19.0. The van der Waals surface area contributed by atoms with Crippen LogP contribution in [0.5, 0.6) is 11.5 Å². The van der Waals surface area contributed by atoms with Crippen LogP contribution in [0.2, 0.25) is 5.02 Å². The van der Waals surface area contributed by atoms with Gasteiger partial charge in [0.1, 0.15) is 11.5 Å². The van der Waals surface area contributed by atoms with Crippen molar-refractivity contribution in [2.24, 2.45) is 5.10 Å². The van der Waals surface area contributed by atoms with Crippen LogP contribution in [0.3, 0.4) is 0 Å². The Labute approximate surface area is 199 Å². The first-order chi connectivity index (χ1) is 15.3. The Kier molecular flexibility index (Phi) is 8.03. The number of nitrogens with one attached hydrogen (secondary N) is 1. The predicted octanol–water partition coefficient (Wildman–Crippen LogP) is 5.55. The molecule has 6 nitrogen and oxygen atoms in total. The second-order valence-electron chi connectivity index (χ2n) is 6.83. The van der Waals surface area contributed by atoms with Crippen LogP contribution in [-0.4, -0.2) is 24.2 Å². The molecule has 1 N–H and O–H groups in total. The summed E-state index contributed by atoms with van der Waals surface area (Å²) in [7, 11) is 0. The summed E-state index contributed by atoms with van der Waals surface area (Å²) < 4.78 is 11.9. The average Bonchev–Trinajstić information content (AvgIpc) is 2.77. The summed E-state index contributed by atoms with van der Waals surface area (Å²) in [4.78, 5) is 24.9. The molecule has 0 bridgehead atoms. The van der Waals surface area contributed by atoms with Crippen molar-refractivity contribution in [1.82, 2.24) is 5.43 Å². The molecule has 1 unspecified atom stereocenters. The topological polar surface area (TPSA) is 77.0 Å².